The lowest BCUT2D eigenvalue weighted by Gasteiger charge is -2.23. The monoisotopic (exact) mass is 415 g/mol. The molecule has 0 aromatic heterocycles. The van der Waals surface area contributed by atoms with Crippen LogP contribution in [0.4, 0.5) is 11.4 Å². The van der Waals surface area contributed by atoms with Gasteiger partial charge in [0.1, 0.15) is 17.8 Å². The minimum absolute atomic E-state index is 0.167. The Morgan fingerprint density at radius 2 is 1.83 bits per heavy atom. The van der Waals surface area contributed by atoms with Gasteiger partial charge in [0.2, 0.25) is 0 Å². The van der Waals surface area contributed by atoms with Gasteiger partial charge in [-0.1, -0.05) is 11.6 Å². The molecular weight excluding hydrogens is 398 g/mol. The van der Waals surface area contributed by atoms with E-state index in [-0.39, 0.29) is 21.8 Å². The molecule has 150 valence electrons. The first-order valence-electron chi connectivity index (χ1n) is 8.46. The molecule has 2 amide bonds. The molecule has 0 saturated carbocycles. The van der Waals surface area contributed by atoms with Crippen molar-refractivity contribution in [3.8, 4) is 6.07 Å². The van der Waals surface area contributed by atoms with Crippen molar-refractivity contribution < 1.29 is 14.7 Å². The number of nitrogens with one attached hydrogen (secondary N) is 3. The first-order valence-corrected chi connectivity index (χ1v) is 8.83. The molecule has 0 aliphatic rings. The highest BCUT2D eigenvalue weighted by Crippen LogP contribution is 2.27. The van der Waals surface area contributed by atoms with Crippen molar-refractivity contribution in [3.05, 3.63) is 63.0 Å². The number of benzene rings is 2. The Morgan fingerprint density at radius 3 is 2.38 bits per heavy atom. The molecular formula is C19H18ClN5O4. The Hall–Kier alpha value is -3.48. The van der Waals surface area contributed by atoms with Gasteiger partial charge in [-0.05, 0) is 61.0 Å². The van der Waals surface area contributed by atoms with E-state index in [0.717, 1.165) is 0 Å². The fourth-order valence-corrected chi connectivity index (χ4v) is 2.65. The van der Waals surface area contributed by atoms with E-state index in [0.29, 0.717) is 11.3 Å². The van der Waals surface area contributed by atoms with E-state index in [1.165, 1.54) is 37.3 Å². The molecule has 0 fully saturated rings. The number of hydrogen-bond acceptors (Lipinski definition) is 7. The maximum absolute atomic E-state index is 12.5. The number of carbonyl (C=O) groups is 2. The van der Waals surface area contributed by atoms with Crippen LogP contribution in [0.5, 0.6) is 0 Å². The molecule has 4 N–H and O–H groups in total. The molecule has 2 rings (SSSR count). The molecule has 0 unspecified atom stereocenters. The van der Waals surface area contributed by atoms with Crippen LogP contribution in [0.3, 0.4) is 0 Å². The van der Waals surface area contributed by atoms with Crippen LogP contribution in [0.1, 0.15) is 28.4 Å². The van der Waals surface area contributed by atoms with E-state index in [4.69, 9.17) is 16.9 Å². The highest BCUT2D eigenvalue weighted by atomic mass is 35.5. The number of nitriles is 1. The minimum atomic E-state index is -1.11. The summed E-state index contributed by atoms with van der Waals surface area (Å²) in [5.41, 5.74) is 6.12. The van der Waals surface area contributed by atoms with Crippen molar-refractivity contribution in [2.24, 2.45) is 5.18 Å². The maximum atomic E-state index is 12.5. The molecule has 0 saturated heterocycles. The van der Waals surface area contributed by atoms with Crippen LogP contribution in [0, 0.1) is 23.2 Å². The Labute approximate surface area is 171 Å². The molecule has 0 radical (unpaired) electrons. The molecule has 10 heteroatoms. The quantitative estimate of drug-likeness (QED) is 0.421. The standard InChI is InChI=1S/C19H18ClN5O4/c1-10-15(8-5-13(9-21)16(10)20)22-17(11(2)26)19(28)24-23-18(27)12-3-6-14(25-29)7-4-12/h3-8,11,17,22,26H,1-2H3,(H,23,27)(H,24,28)/t11-,17+/m0/s1. The molecule has 2 aromatic carbocycles. The van der Waals surface area contributed by atoms with Crippen LogP contribution < -0.4 is 16.2 Å². The van der Waals surface area contributed by atoms with Gasteiger partial charge in [0.05, 0.1) is 16.7 Å². The number of aliphatic hydroxyl groups excluding tert-OH is 1. The predicted molar refractivity (Wildman–Crippen MR) is 108 cm³/mol. The van der Waals surface area contributed by atoms with Crippen molar-refractivity contribution in [1.29, 1.82) is 5.26 Å². The highest BCUT2D eigenvalue weighted by Gasteiger charge is 2.25. The van der Waals surface area contributed by atoms with Crippen molar-refractivity contribution in [2.75, 3.05) is 5.32 Å². The van der Waals surface area contributed by atoms with Crippen molar-refractivity contribution >= 4 is 34.8 Å². The van der Waals surface area contributed by atoms with E-state index in [2.05, 4.69) is 21.3 Å². The third-order valence-electron chi connectivity index (χ3n) is 4.12. The second-order valence-electron chi connectivity index (χ2n) is 6.16. The Balaban J connectivity index is 2.08. The Bertz CT molecular complexity index is 970. The van der Waals surface area contributed by atoms with Crippen LogP contribution in [0.2, 0.25) is 5.02 Å². The number of anilines is 1. The van der Waals surface area contributed by atoms with Gasteiger partial charge in [-0.2, -0.15) is 5.26 Å². The lowest BCUT2D eigenvalue weighted by Crippen LogP contribution is -2.52. The van der Waals surface area contributed by atoms with Gasteiger partial charge in [-0.25, -0.2) is 0 Å². The zero-order valence-electron chi connectivity index (χ0n) is 15.6. The number of aliphatic hydroxyl groups is 1. The molecule has 0 heterocycles. The minimum Gasteiger partial charge on any atom is -0.391 e. The molecule has 0 aliphatic heterocycles. The van der Waals surface area contributed by atoms with Gasteiger partial charge in [0, 0.05) is 11.3 Å². The Kier molecular flexibility index (Phi) is 7.25. The lowest BCUT2D eigenvalue weighted by molar-refractivity contribution is -0.124. The summed E-state index contributed by atoms with van der Waals surface area (Å²) in [5.74, 6) is -1.31. The summed E-state index contributed by atoms with van der Waals surface area (Å²) in [4.78, 5) is 35.0. The van der Waals surface area contributed by atoms with E-state index >= 15 is 0 Å². The topological polar surface area (TPSA) is 144 Å². The maximum Gasteiger partial charge on any atom is 0.269 e. The van der Waals surface area contributed by atoms with Gasteiger partial charge in [0.15, 0.2) is 0 Å². The summed E-state index contributed by atoms with van der Waals surface area (Å²) < 4.78 is 0. The van der Waals surface area contributed by atoms with Crippen LogP contribution in [0.25, 0.3) is 0 Å². The second kappa shape index (κ2) is 9.64. The van der Waals surface area contributed by atoms with Crippen LogP contribution >= 0.6 is 11.6 Å². The summed E-state index contributed by atoms with van der Waals surface area (Å²) in [6.45, 7) is 3.08. The fraction of sp³-hybridized carbons (Fsp3) is 0.211. The smallest absolute Gasteiger partial charge is 0.269 e. The molecule has 2 atom stereocenters. The Morgan fingerprint density at radius 1 is 1.17 bits per heavy atom. The zero-order valence-corrected chi connectivity index (χ0v) is 16.3. The molecule has 29 heavy (non-hydrogen) atoms. The number of amides is 2. The van der Waals surface area contributed by atoms with E-state index < -0.39 is 24.0 Å². The van der Waals surface area contributed by atoms with Crippen molar-refractivity contribution in [3.63, 3.8) is 0 Å². The highest BCUT2D eigenvalue weighted by molar-refractivity contribution is 6.32. The average Bonchev–Trinajstić information content (AvgIpc) is 2.72. The predicted octanol–water partition coefficient (Wildman–Crippen LogP) is 2.54. The molecule has 0 spiro atoms. The van der Waals surface area contributed by atoms with Gasteiger partial charge in [-0.15, -0.1) is 4.91 Å². The number of hydrazine groups is 1. The van der Waals surface area contributed by atoms with Crippen molar-refractivity contribution in [1.82, 2.24) is 10.9 Å². The molecule has 9 nitrogen and oxygen atoms in total. The lowest BCUT2D eigenvalue weighted by atomic mass is 10.1. The zero-order chi connectivity index (χ0) is 21.6. The normalized spacial score (nSPS) is 12.2. The van der Waals surface area contributed by atoms with Crippen LogP contribution in [-0.4, -0.2) is 29.1 Å². The van der Waals surface area contributed by atoms with E-state index in [9.17, 15) is 19.6 Å². The molecule has 2 aromatic rings. The summed E-state index contributed by atoms with van der Waals surface area (Å²) in [6, 6.07) is 9.40. The third-order valence-corrected chi connectivity index (χ3v) is 4.60. The van der Waals surface area contributed by atoms with Gasteiger partial charge < -0.3 is 10.4 Å². The number of nitroso groups, excluding NO2 is 1. The van der Waals surface area contributed by atoms with Crippen molar-refractivity contribution in [2.45, 2.75) is 26.0 Å². The number of halogens is 1. The first-order chi connectivity index (χ1) is 13.8. The molecule has 0 bridgehead atoms. The number of hydrogen-bond donors (Lipinski definition) is 4. The number of rotatable bonds is 6. The van der Waals surface area contributed by atoms with E-state index in [1.54, 1.807) is 13.0 Å². The third kappa shape index (κ3) is 5.28. The molecule has 0 aliphatic carbocycles. The van der Waals surface area contributed by atoms with Gasteiger partial charge in [0.25, 0.3) is 11.8 Å². The number of nitrogens with zero attached hydrogens (tertiary/aromatic N) is 2. The van der Waals surface area contributed by atoms with Gasteiger partial charge >= 0.3 is 0 Å². The summed E-state index contributed by atoms with van der Waals surface area (Å²) in [6.07, 6.45) is -1.11. The van der Waals surface area contributed by atoms with Crippen LogP contribution in [-0.2, 0) is 4.79 Å². The largest absolute Gasteiger partial charge is 0.391 e. The van der Waals surface area contributed by atoms with E-state index in [1.807, 2.05) is 6.07 Å². The average molecular weight is 416 g/mol. The SMILES string of the molecule is Cc1c(N[C@@H](C(=O)NNC(=O)c2ccc(N=O)cc2)[C@H](C)O)ccc(C#N)c1Cl. The first kappa shape index (κ1) is 21.8. The van der Waals surface area contributed by atoms with Gasteiger partial charge in [-0.3, -0.25) is 20.4 Å². The summed E-state index contributed by atoms with van der Waals surface area (Å²) >= 11 is 6.12. The summed E-state index contributed by atoms with van der Waals surface area (Å²) in [5, 5.41) is 24.8. The second-order valence-corrected chi connectivity index (χ2v) is 6.53. The number of carbonyl (C=O) groups excluding carboxylic acids is 2. The fourth-order valence-electron chi connectivity index (χ4n) is 2.44. The van der Waals surface area contributed by atoms with Crippen LogP contribution in [0.15, 0.2) is 41.6 Å². The summed E-state index contributed by atoms with van der Waals surface area (Å²) in [7, 11) is 0.